The number of nitrogens with one attached hydrogen (secondary N) is 2. The van der Waals surface area contributed by atoms with Gasteiger partial charge in [-0.15, -0.1) is 0 Å². The fourth-order valence-corrected chi connectivity index (χ4v) is 3.68. The van der Waals surface area contributed by atoms with Crippen molar-refractivity contribution in [3.05, 3.63) is 72.6 Å². The van der Waals surface area contributed by atoms with Gasteiger partial charge in [-0.2, -0.15) is 5.10 Å². The highest BCUT2D eigenvalue weighted by Crippen LogP contribution is 2.33. The van der Waals surface area contributed by atoms with Crippen LogP contribution in [-0.4, -0.2) is 25.8 Å². The number of halogens is 1. The third-order valence-corrected chi connectivity index (χ3v) is 5.02. The number of nitrogens with zero attached hydrogens (tertiary/aromatic N) is 3. The number of hydroxylamine groups is 1. The maximum atomic E-state index is 12.3. The lowest BCUT2D eigenvalue weighted by molar-refractivity contribution is -0.384. The second-order valence-corrected chi connectivity index (χ2v) is 7.75. The molecule has 0 aliphatic rings. The van der Waals surface area contributed by atoms with Crippen LogP contribution in [0.1, 0.15) is 27.3 Å². The molecule has 2 aromatic carbocycles. The molecule has 150 valence electrons. The number of carbonyl (C=O) groups excluding carboxylic acids is 1. The molecule has 0 fully saturated rings. The summed E-state index contributed by atoms with van der Waals surface area (Å²) in [5, 5.41) is 28.3. The maximum absolute atomic E-state index is 12.3. The highest BCUT2D eigenvalue weighted by atomic mass is 127. The van der Waals surface area contributed by atoms with E-state index in [1.807, 2.05) is 25.1 Å². The number of amides is 1. The summed E-state index contributed by atoms with van der Waals surface area (Å²) in [5.74, 6) is -0.798. The van der Waals surface area contributed by atoms with Crippen molar-refractivity contribution in [2.24, 2.45) is 0 Å². The zero-order valence-electron chi connectivity index (χ0n) is 15.9. The van der Waals surface area contributed by atoms with E-state index >= 15 is 0 Å². The van der Waals surface area contributed by atoms with Gasteiger partial charge in [0.2, 0.25) is 0 Å². The lowest BCUT2D eigenvalue weighted by atomic mass is 10.1. The van der Waals surface area contributed by atoms with Crippen molar-refractivity contribution in [1.82, 2.24) is 15.3 Å². The fraction of sp³-hybridized carbons (Fsp3) is 0.158. The number of carbonyl (C=O) groups is 1. The summed E-state index contributed by atoms with van der Waals surface area (Å²) < 4.78 is 2.44. The summed E-state index contributed by atoms with van der Waals surface area (Å²) >= 11 is 2.18. The largest absolute Gasteiger partial charge is 0.354 e. The normalized spacial score (nSPS) is 10.7. The van der Waals surface area contributed by atoms with Gasteiger partial charge >= 0.3 is 0 Å². The number of hydrogen-bond donors (Lipinski definition) is 3. The minimum atomic E-state index is -0.798. The van der Waals surface area contributed by atoms with Crippen molar-refractivity contribution in [3.8, 4) is 5.69 Å². The van der Waals surface area contributed by atoms with Crippen molar-refractivity contribution >= 4 is 45.6 Å². The summed E-state index contributed by atoms with van der Waals surface area (Å²) in [6.45, 7) is 5.41. The van der Waals surface area contributed by atoms with Crippen LogP contribution in [0, 0.1) is 34.5 Å². The van der Waals surface area contributed by atoms with Gasteiger partial charge in [-0.1, -0.05) is 0 Å². The molecule has 1 heterocycles. The zero-order valence-corrected chi connectivity index (χ0v) is 18.0. The van der Waals surface area contributed by atoms with E-state index in [1.54, 1.807) is 25.4 Å². The van der Waals surface area contributed by atoms with E-state index in [-0.39, 0.29) is 22.6 Å². The summed E-state index contributed by atoms with van der Waals surface area (Å²) in [7, 11) is 0. The highest BCUT2D eigenvalue weighted by molar-refractivity contribution is 14.1. The molecule has 1 amide bonds. The van der Waals surface area contributed by atoms with Crippen LogP contribution in [0.2, 0.25) is 0 Å². The van der Waals surface area contributed by atoms with Crippen LogP contribution in [0.4, 0.5) is 17.1 Å². The van der Waals surface area contributed by atoms with E-state index in [0.717, 1.165) is 9.13 Å². The maximum Gasteiger partial charge on any atom is 0.297 e. The first kappa shape index (κ1) is 20.7. The van der Waals surface area contributed by atoms with E-state index in [4.69, 9.17) is 0 Å². The molecule has 0 saturated heterocycles. The molecule has 3 rings (SSSR count). The number of benzene rings is 2. The van der Waals surface area contributed by atoms with Gasteiger partial charge in [0.1, 0.15) is 5.69 Å². The Morgan fingerprint density at radius 3 is 2.45 bits per heavy atom. The molecule has 29 heavy (non-hydrogen) atoms. The Bertz CT molecular complexity index is 1130. The lowest BCUT2D eigenvalue weighted by Gasteiger charge is -2.15. The molecule has 0 spiro atoms. The van der Waals surface area contributed by atoms with Crippen LogP contribution < -0.4 is 10.8 Å². The summed E-state index contributed by atoms with van der Waals surface area (Å²) in [6, 6.07) is 10.0. The first-order valence-electron chi connectivity index (χ1n) is 8.55. The minimum Gasteiger partial charge on any atom is -0.354 e. The third-order valence-electron chi connectivity index (χ3n) is 4.35. The Balaban J connectivity index is 2.22. The summed E-state index contributed by atoms with van der Waals surface area (Å²) in [6.07, 6.45) is 0. The first-order chi connectivity index (χ1) is 13.7. The number of nitro benzene ring substituents is 1. The molecular weight excluding hydrogens is 489 g/mol. The van der Waals surface area contributed by atoms with Crippen molar-refractivity contribution < 1.29 is 14.9 Å². The van der Waals surface area contributed by atoms with E-state index in [1.165, 1.54) is 16.8 Å². The molecule has 0 bridgehead atoms. The van der Waals surface area contributed by atoms with Crippen molar-refractivity contribution in [2.75, 3.05) is 5.32 Å². The summed E-state index contributed by atoms with van der Waals surface area (Å²) in [5.41, 5.74) is 4.68. The molecule has 0 radical (unpaired) electrons. The Morgan fingerprint density at radius 2 is 1.90 bits per heavy atom. The molecule has 0 aliphatic heterocycles. The Morgan fingerprint density at radius 1 is 1.17 bits per heavy atom. The highest BCUT2D eigenvalue weighted by Gasteiger charge is 2.24. The molecule has 0 unspecified atom stereocenters. The smallest absolute Gasteiger partial charge is 0.297 e. The van der Waals surface area contributed by atoms with Gasteiger partial charge in [-0.25, -0.2) is 10.2 Å². The lowest BCUT2D eigenvalue weighted by Crippen LogP contribution is -2.21. The standard InChI is InChI=1S/C19H18IN5O4/c1-10-6-13(20)4-5-15(10)21-16-9-18(25(28)29)17(8-14(16)19(26)23-27)24-12(3)7-11(2)22-24/h4-9,21,27H,1-3H3,(H,23,26). The van der Waals surface area contributed by atoms with Crippen molar-refractivity contribution in [2.45, 2.75) is 20.8 Å². The molecule has 0 atom stereocenters. The molecule has 0 saturated carbocycles. The number of aryl methyl sites for hydroxylation is 3. The number of anilines is 2. The van der Waals surface area contributed by atoms with Crippen LogP contribution in [0.3, 0.4) is 0 Å². The van der Waals surface area contributed by atoms with E-state index < -0.39 is 10.8 Å². The third kappa shape index (κ3) is 4.22. The minimum absolute atomic E-state index is 0.0404. The van der Waals surface area contributed by atoms with Crippen LogP contribution >= 0.6 is 22.6 Å². The predicted molar refractivity (Wildman–Crippen MR) is 116 cm³/mol. The Labute approximate surface area is 180 Å². The molecule has 0 aliphatic carbocycles. The van der Waals surface area contributed by atoms with Crippen molar-refractivity contribution in [1.29, 1.82) is 0 Å². The van der Waals surface area contributed by atoms with Gasteiger partial charge in [-0.3, -0.25) is 20.1 Å². The second kappa shape index (κ2) is 8.17. The van der Waals surface area contributed by atoms with Crippen LogP contribution in [0.5, 0.6) is 0 Å². The van der Waals surface area contributed by atoms with Gasteiger partial charge in [0, 0.05) is 21.0 Å². The fourth-order valence-electron chi connectivity index (χ4n) is 3.03. The topological polar surface area (TPSA) is 122 Å². The number of nitro groups is 1. The van der Waals surface area contributed by atoms with Gasteiger partial charge in [0.05, 0.1) is 21.9 Å². The Kier molecular flexibility index (Phi) is 5.84. The van der Waals surface area contributed by atoms with Crippen LogP contribution in [-0.2, 0) is 0 Å². The monoisotopic (exact) mass is 507 g/mol. The van der Waals surface area contributed by atoms with Crippen LogP contribution in [0.15, 0.2) is 36.4 Å². The zero-order chi connectivity index (χ0) is 21.3. The van der Waals surface area contributed by atoms with Crippen LogP contribution in [0.25, 0.3) is 5.69 Å². The Hall–Kier alpha value is -2.99. The number of aromatic nitrogens is 2. The predicted octanol–water partition coefficient (Wildman–Crippen LogP) is 4.17. The molecule has 1 aromatic heterocycles. The molecule has 10 heteroatoms. The van der Waals surface area contributed by atoms with Gasteiger partial charge < -0.3 is 5.32 Å². The number of rotatable bonds is 5. The van der Waals surface area contributed by atoms with E-state index in [9.17, 15) is 20.1 Å². The second-order valence-electron chi connectivity index (χ2n) is 6.51. The van der Waals surface area contributed by atoms with Crippen molar-refractivity contribution in [3.63, 3.8) is 0 Å². The van der Waals surface area contributed by atoms with E-state index in [2.05, 4.69) is 33.0 Å². The average Bonchev–Trinajstić information content (AvgIpc) is 3.00. The SMILES string of the molecule is Cc1cc(C)n(-c2cc(C(=O)NO)c(Nc3ccc(I)cc3C)cc2[N+](=O)[O-])n1. The summed E-state index contributed by atoms with van der Waals surface area (Å²) in [4.78, 5) is 23.6. The number of hydrogen-bond acceptors (Lipinski definition) is 6. The van der Waals surface area contributed by atoms with E-state index in [0.29, 0.717) is 17.1 Å². The molecule has 3 N–H and O–H groups in total. The van der Waals surface area contributed by atoms with Gasteiger partial charge in [0.25, 0.3) is 11.6 Å². The average molecular weight is 507 g/mol. The molecule has 9 nitrogen and oxygen atoms in total. The van der Waals surface area contributed by atoms with Gasteiger partial charge in [0.15, 0.2) is 0 Å². The molecular formula is C19H18IN5O4. The quantitative estimate of drug-likeness (QED) is 0.206. The molecule has 3 aromatic rings. The van der Waals surface area contributed by atoms with Gasteiger partial charge in [-0.05, 0) is 79.3 Å². The first-order valence-corrected chi connectivity index (χ1v) is 9.63.